The molecule has 2 N–H and O–H groups in total. The number of carbonyl (C=O) groups excluding carboxylic acids is 1. The van der Waals surface area contributed by atoms with E-state index in [1.807, 2.05) is 18.2 Å². The number of benzene rings is 1. The minimum Gasteiger partial charge on any atom is -0.356 e. The molecule has 0 spiro atoms. The molecule has 7 heteroatoms. The van der Waals surface area contributed by atoms with Crippen molar-refractivity contribution >= 4 is 23.5 Å². The third kappa shape index (κ3) is 7.39. The van der Waals surface area contributed by atoms with Gasteiger partial charge in [-0.1, -0.05) is 30.7 Å². The molecule has 27 heavy (non-hydrogen) atoms. The molecule has 6 nitrogen and oxygen atoms in total. The smallest absolute Gasteiger partial charge is 0.243 e. The standard InChI is InChI=1S/C20H32ClN5O/c1-4-26-12-6-9-18(26)14-23-20(24-15-19(27)25(2)3)22-11-10-16-7-5-8-17(21)13-16/h5,7-8,13,18H,4,6,9-12,14-15H2,1-3H3,(H2,22,23,24). The van der Waals surface area contributed by atoms with Crippen LogP contribution in [-0.2, 0) is 11.2 Å². The van der Waals surface area contributed by atoms with Crippen LogP contribution in [0.1, 0.15) is 25.3 Å². The molecule has 2 rings (SSSR count). The quantitative estimate of drug-likeness (QED) is 0.523. The lowest BCUT2D eigenvalue weighted by Gasteiger charge is -2.24. The van der Waals surface area contributed by atoms with E-state index in [0.717, 1.165) is 37.6 Å². The molecule has 1 heterocycles. The molecular weight excluding hydrogens is 362 g/mol. The summed E-state index contributed by atoms with van der Waals surface area (Å²) in [5.41, 5.74) is 1.17. The van der Waals surface area contributed by atoms with E-state index >= 15 is 0 Å². The number of hydrogen-bond acceptors (Lipinski definition) is 3. The lowest BCUT2D eigenvalue weighted by atomic mass is 10.1. The van der Waals surface area contributed by atoms with Crippen molar-refractivity contribution < 1.29 is 4.79 Å². The second kappa shape index (κ2) is 11.1. The highest BCUT2D eigenvalue weighted by molar-refractivity contribution is 6.30. The molecule has 1 fully saturated rings. The molecule has 0 radical (unpaired) electrons. The molecule has 1 aliphatic heterocycles. The maximum Gasteiger partial charge on any atom is 0.243 e. The van der Waals surface area contributed by atoms with Crippen molar-refractivity contribution in [3.63, 3.8) is 0 Å². The van der Waals surface area contributed by atoms with Crippen molar-refractivity contribution in [1.29, 1.82) is 0 Å². The number of likely N-dealkylation sites (N-methyl/N-ethyl adjacent to an activating group) is 2. The molecule has 1 aliphatic rings. The van der Waals surface area contributed by atoms with Gasteiger partial charge in [-0.2, -0.15) is 0 Å². The van der Waals surface area contributed by atoms with E-state index < -0.39 is 0 Å². The normalized spacial score (nSPS) is 17.8. The summed E-state index contributed by atoms with van der Waals surface area (Å²) in [6.45, 7) is 6.14. The molecule has 0 saturated carbocycles. The number of guanidine groups is 1. The van der Waals surface area contributed by atoms with Crippen molar-refractivity contribution in [3.8, 4) is 0 Å². The second-order valence-electron chi connectivity index (χ2n) is 7.07. The van der Waals surface area contributed by atoms with Crippen LogP contribution in [0.2, 0.25) is 5.02 Å². The predicted molar refractivity (Wildman–Crippen MR) is 112 cm³/mol. The molecule has 1 aromatic carbocycles. The number of nitrogens with zero attached hydrogens (tertiary/aromatic N) is 3. The van der Waals surface area contributed by atoms with Crippen LogP contribution in [0.5, 0.6) is 0 Å². The first-order chi connectivity index (χ1) is 13.0. The minimum absolute atomic E-state index is 0.0120. The number of carbonyl (C=O) groups is 1. The first-order valence-corrected chi connectivity index (χ1v) is 10.1. The average molecular weight is 394 g/mol. The zero-order valence-corrected chi connectivity index (χ0v) is 17.4. The topological polar surface area (TPSA) is 60.0 Å². The molecule has 1 saturated heterocycles. The Morgan fingerprint density at radius 3 is 2.89 bits per heavy atom. The Morgan fingerprint density at radius 2 is 2.19 bits per heavy atom. The Kier molecular flexibility index (Phi) is 8.88. The number of rotatable bonds is 8. The molecule has 1 atom stereocenters. The second-order valence-corrected chi connectivity index (χ2v) is 7.50. The number of nitrogens with one attached hydrogen (secondary N) is 2. The number of amides is 1. The van der Waals surface area contributed by atoms with Gasteiger partial charge in [-0.3, -0.25) is 9.69 Å². The molecule has 0 bridgehead atoms. The Hall–Kier alpha value is -1.79. The number of hydrogen-bond donors (Lipinski definition) is 2. The zero-order valence-electron chi connectivity index (χ0n) is 16.7. The summed E-state index contributed by atoms with van der Waals surface area (Å²) < 4.78 is 0. The first kappa shape index (κ1) is 21.5. The van der Waals surface area contributed by atoms with E-state index in [2.05, 4.69) is 33.5 Å². The summed E-state index contributed by atoms with van der Waals surface area (Å²) in [5, 5.41) is 7.51. The number of likely N-dealkylation sites (tertiary alicyclic amines) is 1. The Balaban J connectivity index is 1.90. The third-order valence-electron chi connectivity index (χ3n) is 4.88. The number of halogens is 1. The molecule has 0 aliphatic carbocycles. The fourth-order valence-electron chi connectivity index (χ4n) is 3.24. The first-order valence-electron chi connectivity index (χ1n) is 9.70. The monoisotopic (exact) mass is 393 g/mol. The van der Waals surface area contributed by atoms with Gasteiger partial charge in [0.05, 0.1) is 0 Å². The molecule has 150 valence electrons. The van der Waals surface area contributed by atoms with Crippen molar-refractivity contribution in [2.24, 2.45) is 4.99 Å². The summed E-state index contributed by atoms with van der Waals surface area (Å²) in [4.78, 5) is 20.4. The van der Waals surface area contributed by atoms with Crippen LogP contribution in [0.3, 0.4) is 0 Å². The van der Waals surface area contributed by atoms with Gasteiger partial charge in [-0.05, 0) is 50.0 Å². The van der Waals surface area contributed by atoms with Crippen LogP contribution in [0.25, 0.3) is 0 Å². The van der Waals surface area contributed by atoms with Crippen LogP contribution in [-0.4, -0.2) is 74.5 Å². The van der Waals surface area contributed by atoms with Gasteiger partial charge in [0.25, 0.3) is 0 Å². The van der Waals surface area contributed by atoms with Crippen LogP contribution in [0, 0.1) is 0 Å². The lowest BCUT2D eigenvalue weighted by molar-refractivity contribution is -0.127. The van der Waals surface area contributed by atoms with Gasteiger partial charge in [0.1, 0.15) is 6.54 Å². The van der Waals surface area contributed by atoms with Crippen LogP contribution in [0.4, 0.5) is 0 Å². The summed E-state index contributed by atoms with van der Waals surface area (Å²) in [6, 6.07) is 8.40. The summed E-state index contributed by atoms with van der Waals surface area (Å²) in [7, 11) is 3.49. The highest BCUT2D eigenvalue weighted by Crippen LogP contribution is 2.15. The summed E-state index contributed by atoms with van der Waals surface area (Å²) >= 11 is 6.05. The Morgan fingerprint density at radius 1 is 1.37 bits per heavy atom. The third-order valence-corrected chi connectivity index (χ3v) is 5.11. The zero-order chi connectivity index (χ0) is 19.6. The van der Waals surface area contributed by atoms with Gasteiger partial charge < -0.3 is 15.5 Å². The lowest BCUT2D eigenvalue weighted by Crippen LogP contribution is -2.45. The summed E-state index contributed by atoms with van der Waals surface area (Å²) in [5.74, 6) is 0.678. The minimum atomic E-state index is -0.0120. The molecule has 1 unspecified atom stereocenters. The molecule has 0 aromatic heterocycles. The van der Waals surface area contributed by atoms with Crippen molar-refractivity contribution in [3.05, 3.63) is 34.9 Å². The largest absolute Gasteiger partial charge is 0.356 e. The van der Waals surface area contributed by atoms with Gasteiger partial charge in [-0.15, -0.1) is 0 Å². The van der Waals surface area contributed by atoms with Crippen molar-refractivity contribution in [1.82, 2.24) is 20.4 Å². The Bertz CT molecular complexity index is 635. The van der Waals surface area contributed by atoms with E-state index in [1.165, 1.54) is 18.4 Å². The predicted octanol–water partition coefficient (Wildman–Crippen LogP) is 1.99. The average Bonchev–Trinajstić information content (AvgIpc) is 3.10. The molecule has 1 amide bonds. The van der Waals surface area contributed by atoms with E-state index in [4.69, 9.17) is 11.6 Å². The van der Waals surface area contributed by atoms with E-state index in [-0.39, 0.29) is 12.5 Å². The Labute approximate surface area is 168 Å². The fourth-order valence-corrected chi connectivity index (χ4v) is 3.45. The maximum absolute atomic E-state index is 11.9. The van der Waals surface area contributed by atoms with Gasteiger partial charge >= 0.3 is 0 Å². The highest BCUT2D eigenvalue weighted by atomic mass is 35.5. The highest BCUT2D eigenvalue weighted by Gasteiger charge is 2.22. The molecule has 1 aromatic rings. The molecular formula is C20H32ClN5O. The maximum atomic E-state index is 11.9. The fraction of sp³-hybridized carbons (Fsp3) is 0.600. The van der Waals surface area contributed by atoms with Gasteiger partial charge in [0.15, 0.2) is 5.96 Å². The van der Waals surface area contributed by atoms with E-state index in [9.17, 15) is 4.79 Å². The van der Waals surface area contributed by atoms with Crippen LogP contribution >= 0.6 is 11.6 Å². The SMILES string of the molecule is CCN1CCCC1CNC(=NCC(=O)N(C)C)NCCc1cccc(Cl)c1. The van der Waals surface area contributed by atoms with Crippen LogP contribution in [0.15, 0.2) is 29.3 Å². The number of aliphatic imine (C=N–C) groups is 1. The van der Waals surface area contributed by atoms with Crippen molar-refractivity contribution in [2.75, 3.05) is 46.8 Å². The van der Waals surface area contributed by atoms with Gasteiger partial charge in [0, 0.05) is 38.2 Å². The van der Waals surface area contributed by atoms with E-state index in [0.29, 0.717) is 12.0 Å². The van der Waals surface area contributed by atoms with Crippen molar-refractivity contribution in [2.45, 2.75) is 32.2 Å². The van der Waals surface area contributed by atoms with Gasteiger partial charge in [-0.25, -0.2) is 4.99 Å². The summed E-state index contributed by atoms with van der Waals surface area (Å²) in [6.07, 6.45) is 3.29. The van der Waals surface area contributed by atoms with Gasteiger partial charge in [0.2, 0.25) is 5.91 Å². The van der Waals surface area contributed by atoms with E-state index in [1.54, 1.807) is 19.0 Å². The van der Waals surface area contributed by atoms with Crippen LogP contribution < -0.4 is 10.6 Å².